The van der Waals surface area contributed by atoms with E-state index < -0.39 is 5.91 Å². The van der Waals surface area contributed by atoms with Crippen LogP contribution in [0.4, 0.5) is 5.69 Å². The minimum absolute atomic E-state index is 0.146. The predicted octanol–water partition coefficient (Wildman–Crippen LogP) is 2.66. The van der Waals surface area contributed by atoms with Crippen LogP contribution in [-0.4, -0.2) is 25.2 Å². The van der Waals surface area contributed by atoms with Crippen molar-refractivity contribution in [3.63, 3.8) is 0 Å². The Hall–Kier alpha value is -2.69. The molecule has 20 heavy (non-hydrogen) atoms. The highest BCUT2D eigenvalue weighted by Gasteiger charge is 2.14. The van der Waals surface area contributed by atoms with Gasteiger partial charge in [0.2, 0.25) is 0 Å². The summed E-state index contributed by atoms with van der Waals surface area (Å²) in [5.41, 5.74) is 0.726. The maximum atomic E-state index is 12.1. The second-order valence-corrected chi connectivity index (χ2v) is 4.04. The van der Waals surface area contributed by atoms with Crippen molar-refractivity contribution in [2.24, 2.45) is 0 Å². The van der Waals surface area contributed by atoms with Crippen molar-refractivity contribution in [2.45, 2.75) is 0 Å². The quantitative estimate of drug-likeness (QED) is 0.898. The summed E-state index contributed by atoms with van der Waals surface area (Å²) >= 11 is 0. The third-order valence-corrected chi connectivity index (χ3v) is 2.79. The Morgan fingerprint density at radius 2 is 1.85 bits per heavy atom. The molecule has 0 spiro atoms. The molecule has 104 valence electrons. The summed E-state index contributed by atoms with van der Waals surface area (Å²) in [5.74, 6) is 0.283. The zero-order valence-electron chi connectivity index (χ0n) is 11.2. The molecule has 2 N–H and O–H groups in total. The number of amides is 1. The highest BCUT2D eigenvalue weighted by molar-refractivity contribution is 6.06. The molecule has 0 aromatic heterocycles. The summed E-state index contributed by atoms with van der Waals surface area (Å²) in [6.07, 6.45) is 0. The number of hydrogen-bond donors (Lipinski definition) is 2. The lowest BCUT2D eigenvalue weighted by Gasteiger charge is -2.10. The summed E-state index contributed by atoms with van der Waals surface area (Å²) in [5, 5.41) is 12.6. The van der Waals surface area contributed by atoms with Crippen molar-refractivity contribution in [3.05, 3.63) is 48.0 Å². The van der Waals surface area contributed by atoms with E-state index in [0.29, 0.717) is 11.4 Å². The Labute approximate surface area is 116 Å². The van der Waals surface area contributed by atoms with Gasteiger partial charge < -0.3 is 19.9 Å². The number of hydrogen-bond acceptors (Lipinski definition) is 4. The van der Waals surface area contributed by atoms with Crippen LogP contribution in [0.25, 0.3) is 0 Å². The first-order valence-electron chi connectivity index (χ1n) is 5.97. The fourth-order valence-corrected chi connectivity index (χ4v) is 1.77. The highest BCUT2D eigenvalue weighted by atomic mass is 16.5. The Morgan fingerprint density at radius 1 is 1.10 bits per heavy atom. The van der Waals surface area contributed by atoms with Gasteiger partial charge in [-0.2, -0.15) is 0 Å². The van der Waals surface area contributed by atoms with Gasteiger partial charge in [0, 0.05) is 11.8 Å². The summed E-state index contributed by atoms with van der Waals surface area (Å²) in [6.45, 7) is 0. The number of phenols is 1. The van der Waals surface area contributed by atoms with Gasteiger partial charge in [-0.15, -0.1) is 0 Å². The second-order valence-electron chi connectivity index (χ2n) is 4.04. The van der Waals surface area contributed by atoms with Crippen molar-refractivity contribution in [1.82, 2.24) is 0 Å². The molecule has 0 saturated carbocycles. The smallest absolute Gasteiger partial charge is 0.259 e. The summed E-state index contributed by atoms with van der Waals surface area (Å²) in [4.78, 5) is 12.1. The summed E-state index contributed by atoms with van der Waals surface area (Å²) in [6, 6.07) is 11.7. The van der Waals surface area contributed by atoms with Gasteiger partial charge in [-0.1, -0.05) is 12.1 Å². The Bertz CT molecular complexity index is 625. The van der Waals surface area contributed by atoms with Crippen molar-refractivity contribution in [3.8, 4) is 17.2 Å². The van der Waals surface area contributed by atoms with Gasteiger partial charge in [0.05, 0.1) is 19.8 Å². The van der Waals surface area contributed by atoms with E-state index >= 15 is 0 Å². The molecule has 5 heteroatoms. The summed E-state index contributed by atoms with van der Waals surface area (Å²) in [7, 11) is 2.98. The minimum Gasteiger partial charge on any atom is -0.504 e. The van der Waals surface area contributed by atoms with E-state index in [1.807, 2.05) is 0 Å². The van der Waals surface area contributed by atoms with E-state index in [9.17, 15) is 9.90 Å². The number of phenolic OH excluding ortho intramolecular Hbond substituents is 1. The van der Waals surface area contributed by atoms with E-state index in [4.69, 9.17) is 9.47 Å². The fraction of sp³-hybridized carbons (Fsp3) is 0.133. The lowest BCUT2D eigenvalue weighted by Crippen LogP contribution is -2.12. The number of nitrogens with one attached hydrogen (secondary N) is 1. The van der Waals surface area contributed by atoms with Crippen LogP contribution in [0.5, 0.6) is 17.2 Å². The van der Waals surface area contributed by atoms with Crippen LogP contribution >= 0.6 is 0 Å². The molecule has 0 radical (unpaired) electrons. The second kappa shape index (κ2) is 5.97. The molecule has 0 aliphatic heterocycles. The number of para-hydroxylation sites is 1. The molecule has 0 aliphatic carbocycles. The van der Waals surface area contributed by atoms with E-state index in [0.717, 1.165) is 0 Å². The highest BCUT2D eigenvalue weighted by Crippen LogP contribution is 2.30. The average molecular weight is 273 g/mol. The summed E-state index contributed by atoms with van der Waals surface area (Å²) < 4.78 is 10.1. The number of carbonyl (C=O) groups is 1. The zero-order valence-corrected chi connectivity index (χ0v) is 11.2. The van der Waals surface area contributed by atoms with Gasteiger partial charge in [-0.05, 0) is 24.3 Å². The maximum absolute atomic E-state index is 12.1. The normalized spacial score (nSPS) is 9.90. The van der Waals surface area contributed by atoms with Gasteiger partial charge in [-0.3, -0.25) is 4.79 Å². The minimum atomic E-state index is -0.422. The molecule has 0 heterocycles. The van der Waals surface area contributed by atoms with Crippen LogP contribution in [0.1, 0.15) is 10.4 Å². The first-order valence-corrected chi connectivity index (χ1v) is 5.97. The third-order valence-electron chi connectivity index (χ3n) is 2.79. The molecule has 0 bridgehead atoms. The largest absolute Gasteiger partial charge is 0.504 e. The van der Waals surface area contributed by atoms with Crippen LogP contribution in [0.15, 0.2) is 42.5 Å². The molecule has 2 aromatic rings. The van der Waals surface area contributed by atoms with Gasteiger partial charge in [0.25, 0.3) is 5.91 Å². The number of carbonyl (C=O) groups excluding carboxylic acids is 1. The fourth-order valence-electron chi connectivity index (χ4n) is 1.77. The van der Waals surface area contributed by atoms with Gasteiger partial charge in [0.1, 0.15) is 5.75 Å². The molecule has 0 atom stereocenters. The molecule has 5 nitrogen and oxygen atoms in total. The van der Waals surface area contributed by atoms with E-state index in [1.165, 1.54) is 13.2 Å². The van der Waals surface area contributed by atoms with Crippen molar-refractivity contribution in [2.75, 3.05) is 19.5 Å². The average Bonchev–Trinajstić information content (AvgIpc) is 2.47. The zero-order chi connectivity index (χ0) is 14.5. The van der Waals surface area contributed by atoms with Crippen LogP contribution < -0.4 is 14.8 Å². The number of anilines is 1. The third kappa shape index (κ3) is 2.83. The van der Waals surface area contributed by atoms with Crippen molar-refractivity contribution < 1.29 is 19.4 Å². The lowest BCUT2D eigenvalue weighted by molar-refractivity contribution is 0.102. The Balaban J connectivity index is 2.24. The number of rotatable bonds is 4. The molecule has 0 unspecified atom stereocenters. The SMILES string of the molecule is COc1cccc(NC(=O)c2cccc(OC)c2O)c1. The molecular formula is C15H15NO4. The van der Waals surface area contributed by atoms with Crippen molar-refractivity contribution in [1.29, 1.82) is 0 Å². The van der Waals surface area contributed by atoms with E-state index in [1.54, 1.807) is 43.5 Å². The number of aromatic hydroxyl groups is 1. The lowest BCUT2D eigenvalue weighted by atomic mass is 10.1. The topological polar surface area (TPSA) is 67.8 Å². The Kier molecular flexibility index (Phi) is 4.10. The molecule has 2 rings (SSSR count). The number of ether oxygens (including phenoxy) is 2. The Morgan fingerprint density at radius 3 is 2.55 bits per heavy atom. The van der Waals surface area contributed by atoms with Crippen LogP contribution in [-0.2, 0) is 0 Å². The molecule has 1 amide bonds. The van der Waals surface area contributed by atoms with Crippen LogP contribution in [0.2, 0.25) is 0 Å². The standard InChI is InChI=1S/C15H15NO4/c1-19-11-6-3-5-10(9-11)16-15(18)12-7-4-8-13(20-2)14(12)17/h3-9,17H,1-2H3,(H,16,18). The van der Waals surface area contributed by atoms with Crippen LogP contribution in [0.3, 0.4) is 0 Å². The predicted molar refractivity (Wildman–Crippen MR) is 75.6 cm³/mol. The first kappa shape index (κ1) is 13.7. The number of methoxy groups -OCH3 is 2. The van der Waals surface area contributed by atoms with Crippen molar-refractivity contribution >= 4 is 11.6 Å². The monoisotopic (exact) mass is 273 g/mol. The molecule has 0 saturated heterocycles. The molecule has 0 aliphatic rings. The van der Waals surface area contributed by atoms with Crippen LogP contribution in [0, 0.1) is 0 Å². The molecule has 0 fully saturated rings. The van der Waals surface area contributed by atoms with E-state index in [2.05, 4.69) is 5.32 Å². The molecule has 2 aromatic carbocycles. The number of benzene rings is 2. The maximum Gasteiger partial charge on any atom is 0.259 e. The van der Waals surface area contributed by atoms with Gasteiger partial charge >= 0.3 is 0 Å². The van der Waals surface area contributed by atoms with Gasteiger partial charge in [0.15, 0.2) is 11.5 Å². The first-order chi connectivity index (χ1) is 9.65. The molecular weight excluding hydrogens is 258 g/mol. The van der Waals surface area contributed by atoms with E-state index in [-0.39, 0.29) is 17.1 Å². The van der Waals surface area contributed by atoms with Gasteiger partial charge in [-0.25, -0.2) is 0 Å².